The second kappa shape index (κ2) is 46.8. The molecule has 35 nitrogen and oxygen atoms in total. The number of carbonyl (C=O) groups is 7. The number of hydrogen-bond donors (Lipinski definition) is 19. The van der Waals surface area contributed by atoms with Crippen LogP contribution in [0.4, 0.5) is 0 Å². The molecule has 0 radical (unpaired) electrons. The molecule has 0 aromatic carbocycles. The molecular weight excluding hydrogens is 1450 g/mol. The van der Waals surface area contributed by atoms with Crippen LogP contribution in [-0.4, -0.2) is 321 Å². The fraction of sp³-hybridized carbons (Fsp3) is 0.890. The predicted octanol–water partition coefficient (Wildman–Crippen LogP) is -1.79. The minimum absolute atomic E-state index is 0.00448. The van der Waals surface area contributed by atoms with Crippen molar-refractivity contribution in [2.24, 2.45) is 5.14 Å². The van der Waals surface area contributed by atoms with Gasteiger partial charge >= 0.3 is 0 Å². The Hall–Kier alpha value is -4.49. The Balaban J connectivity index is 1.87. The van der Waals surface area contributed by atoms with E-state index in [0.29, 0.717) is 56.7 Å². The largest absolute Gasteiger partial charge is 0.394 e. The fourth-order valence-corrected chi connectivity index (χ4v) is 13.7. The molecule has 36 heteroatoms. The minimum atomic E-state index is -1.52. The van der Waals surface area contributed by atoms with Gasteiger partial charge in [0.1, 0.15) is 78.8 Å². The van der Waals surface area contributed by atoms with E-state index in [2.05, 4.69) is 42.5 Å². The van der Waals surface area contributed by atoms with Crippen LogP contribution in [0.1, 0.15) is 187 Å². The summed E-state index contributed by atoms with van der Waals surface area (Å²) in [4.78, 5) is 92.4. The highest BCUT2D eigenvalue weighted by molar-refractivity contribution is 7.97. The molecule has 109 heavy (non-hydrogen) atoms. The first-order valence-electron chi connectivity index (χ1n) is 38.2. The number of rotatable bonds is 53. The highest BCUT2D eigenvalue weighted by Crippen LogP contribution is 2.37. The maximum absolute atomic E-state index is 14.2. The second-order valence-electron chi connectivity index (χ2n) is 31.6. The van der Waals surface area contributed by atoms with E-state index in [0.717, 1.165) is 6.42 Å². The monoisotopic (exact) mass is 1580 g/mol. The van der Waals surface area contributed by atoms with Crippen LogP contribution in [0.5, 0.6) is 0 Å². The Morgan fingerprint density at radius 1 is 0.459 bits per heavy atom. The number of nitrogens with two attached hydrogens (primary N) is 1. The van der Waals surface area contributed by atoms with Gasteiger partial charge in [0.2, 0.25) is 41.4 Å². The zero-order valence-electron chi connectivity index (χ0n) is 67.0. The molecule has 3 aliphatic heterocycles. The molecule has 0 aliphatic carbocycles. The van der Waals surface area contributed by atoms with Gasteiger partial charge in [0, 0.05) is 101 Å². The lowest BCUT2D eigenvalue weighted by molar-refractivity contribution is -0.247. The summed E-state index contributed by atoms with van der Waals surface area (Å²) in [5, 5.41) is 132. The van der Waals surface area contributed by atoms with Crippen molar-refractivity contribution in [3.63, 3.8) is 0 Å². The molecule has 3 saturated heterocycles. The molecule has 0 spiro atoms. The summed E-state index contributed by atoms with van der Waals surface area (Å²) in [5.74, 6) is -2.41. The van der Waals surface area contributed by atoms with Gasteiger partial charge in [-0.15, -0.1) is 0 Å². The third-order valence-corrected chi connectivity index (χ3v) is 21.1. The van der Waals surface area contributed by atoms with Crippen LogP contribution in [0.3, 0.4) is 0 Å². The van der Waals surface area contributed by atoms with E-state index in [1.54, 1.807) is 55.4 Å². The van der Waals surface area contributed by atoms with Gasteiger partial charge < -0.3 is 137 Å². The van der Waals surface area contributed by atoms with E-state index in [1.165, 1.54) is 32.7 Å². The number of ether oxygens (including phenoxy) is 9. The highest BCUT2D eigenvalue weighted by Gasteiger charge is 2.55. The fourth-order valence-electron chi connectivity index (χ4n) is 13.3. The van der Waals surface area contributed by atoms with E-state index in [9.17, 15) is 79.5 Å². The van der Waals surface area contributed by atoms with Crippen molar-refractivity contribution in [3.05, 3.63) is 0 Å². The summed E-state index contributed by atoms with van der Waals surface area (Å²) in [7, 11) is 0. The minimum Gasteiger partial charge on any atom is -0.394 e. The van der Waals surface area contributed by atoms with Gasteiger partial charge in [0.05, 0.1) is 94.4 Å². The zero-order valence-corrected chi connectivity index (χ0v) is 67.8. The summed E-state index contributed by atoms with van der Waals surface area (Å²) in [5.41, 5.74) is -7.15. The van der Waals surface area contributed by atoms with E-state index in [-0.39, 0.29) is 104 Å². The maximum Gasteiger partial charge on any atom is 0.222 e. The maximum atomic E-state index is 14.2. The number of nitrogens with one attached hydrogen (secondary N) is 9. The molecule has 3 aliphatic rings. The number of hydrogen-bond acceptors (Lipinski definition) is 29. The molecule has 634 valence electrons. The quantitative estimate of drug-likeness (QED) is 0.0182. The molecule has 20 N–H and O–H groups in total. The van der Waals surface area contributed by atoms with Crippen LogP contribution in [0.15, 0.2) is 0 Å². The number of aliphatic hydroxyl groups excluding tert-OH is 9. The lowest BCUT2D eigenvalue weighted by Gasteiger charge is -2.49. The molecule has 19 atom stereocenters. The summed E-state index contributed by atoms with van der Waals surface area (Å²) < 4.78 is 56.1. The van der Waals surface area contributed by atoms with Gasteiger partial charge in [0.25, 0.3) is 0 Å². The summed E-state index contributed by atoms with van der Waals surface area (Å²) in [6.45, 7) is 22.7. The predicted molar refractivity (Wildman–Crippen MR) is 403 cm³/mol. The SMILES string of the molecule is CCC(C)(CCOC(C)(CC)C1OC(CO)C(O)C(O)C1NC(C)=O)NC(=O)CCOCC(COCCC(=O)NC(C)(C)CCOC(C)(C)C1OC(CO)C(O)C(O)C1NC(C)=O)(COCCC(=O)NC(C)(C)CCOC(C)(CC)C1OC(CO)C(O)C(O)C1NC(C)=O)NC(=O)CCCNCC(=N)CCCSN. The Morgan fingerprint density at radius 2 is 0.826 bits per heavy atom. The van der Waals surface area contributed by atoms with Gasteiger partial charge in [-0.1, -0.05) is 32.7 Å². The summed E-state index contributed by atoms with van der Waals surface area (Å²) in [6.07, 6.45) is -12.4. The Morgan fingerprint density at radius 3 is 1.20 bits per heavy atom. The van der Waals surface area contributed by atoms with Gasteiger partial charge in [0.15, 0.2) is 0 Å². The van der Waals surface area contributed by atoms with Crippen LogP contribution >= 0.6 is 11.9 Å². The van der Waals surface area contributed by atoms with Crippen molar-refractivity contribution >= 4 is 59.0 Å². The average molecular weight is 1590 g/mol. The van der Waals surface area contributed by atoms with Crippen molar-refractivity contribution in [2.75, 3.05) is 98.1 Å². The lowest BCUT2D eigenvalue weighted by atomic mass is 9.82. The van der Waals surface area contributed by atoms with Gasteiger partial charge in [-0.3, -0.25) is 38.7 Å². The van der Waals surface area contributed by atoms with Crippen molar-refractivity contribution < 1.29 is 122 Å². The van der Waals surface area contributed by atoms with Gasteiger partial charge in [-0.25, -0.2) is 0 Å². The first kappa shape index (κ1) is 98.7. The number of carbonyl (C=O) groups excluding carboxylic acids is 7. The molecule has 0 bridgehead atoms. The normalized spacial score (nSPS) is 27.0. The second-order valence-corrected chi connectivity index (χ2v) is 32.3. The standard InChI is InChI=1S/C73H136N10O25S/c1-16-70(13,28-35-105-72(15,18-3)66-57(79-46(6)89)63(99)60(96)50(40-86)108-66)82-54(93)25-32-102-43-73(83-51(90)22-19-29-76-37-47(74)21-20-36-109-75,41-100-30-23-52(91)80-67(7,8)26-33-103-69(11,12)64-55(77-44(4)87)61(97)58(94)48(38-84)106-64)42-101-31-24-53(92)81-68(9,10)27-34-104-71(14,17-2)65-56(78-45(5)88)62(98)59(95)49(39-85)107-65/h48-50,55-66,74,76,84-86,94-99H,16-43,75H2,1-15H3,(H,77,87)(H,78,88)(H,79,89)(H,80,91)(H,81,92)(H,82,93)(H,83,90). The molecular formula is C73H136N10O25S. The Kier molecular flexibility index (Phi) is 42.3. The van der Waals surface area contributed by atoms with E-state index in [1.807, 2.05) is 27.7 Å². The van der Waals surface area contributed by atoms with Crippen LogP contribution in [0.25, 0.3) is 0 Å². The third-order valence-electron chi connectivity index (χ3n) is 20.6. The Labute approximate surface area is 647 Å². The van der Waals surface area contributed by atoms with Crippen molar-refractivity contribution in [2.45, 2.75) is 318 Å². The number of amides is 7. The molecule has 3 rings (SSSR count). The first-order chi connectivity index (χ1) is 51.0. The van der Waals surface area contributed by atoms with Crippen molar-refractivity contribution in [1.82, 2.24) is 42.5 Å². The summed E-state index contributed by atoms with van der Waals surface area (Å²) >= 11 is 1.21. The molecule has 0 aromatic rings. The summed E-state index contributed by atoms with van der Waals surface area (Å²) in [6, 6.07) is -3.26. The van der Waals surface area contributed by atoms with Crippen molar-refractivity contribution in [1.29, 1.82) is 5.41 Å². The van der Waals surface area contributed by atoms with E-state index >= 15 is 0 Å². The Bertz CT molecular complexity index is 2810. The molecule has 7 amide bonds. The molecule has 3 fully saturated rings. The average Bonchev–Trinajstić information content (AvgIpc) is 0.786. The van der Waals surface area contributed by atoms with E-state index in [4.69, 9.17) is 53.2 Å². The molecule has 0 aromatic heterocycles. The van der Waals surface area contributed by atoms with Crippen LogP contribution in [0, 0.1) is 5.41 Å². The zero-order chi connectivity index (χ0) is 82.3. The molecule has 3 heterocycles. The lowest BCUT2D eigenvalue weighted by Crippen LogP contribution is -2.69. The molecule has 19 unspecified atom stereocenters. The van der Waals surface area contributed by atoms with Crippen LogP contribution in [-0.2, 0) is 76.2 Å². The number of aliphatic hydroxyl groups is 9. The van der Waals surface area contributed by atoms with Gasteiger partial charge in [-0.2, -0.15) is 0 Å². The van der Waals surface area contributed by atoms with Crippen molar-refractivity contribution in [3.8, 4) is 0 Å². The van der Waals surface area contributed by atoms with E-state index < -0.39 is 192 Å². The third kappa shape index (κ3) is 32.4. The van der Waals surface area contributed by atoms with Gasteiger partial charge in [-0.05, 0) is 127 Å². The first-order valence-corrected chi connectivity index (χ1v) is 39.2. The van der Waals surface area contributed by atoms with Crippen LogP contribution in [0.2, 0.25) is 0 Å². The van der Waals surface area contributed by atoms with Crippen LogP contribution < -0.4 is 47.7 Å². The topological polar surface area (TPSA) is 531 Å². The smallest absolute Gasteiger partial charge is 0.222 e. The highest BCUT2D eigenvalue weighted by atomic mass is 32.2. The molecule has 0 saturated carbocycles.